The molecule has 1 aromatic rings. The van der Waals surface area contributed by atoms with E-state index in [4.69, 9.17) is 15.6 Å². The van der Waals surface area contributed by atoms with Crippen molar-refractivity contribution in [1.29, 1.82) is 0 Å². The molecule has 1 atom stereocenters. The van der Waals surface area contributed by atoms with E-state index >= 15 is 0 Å². The normalized spacial score (nSPS) is 14.9. The summed E-state index contributed by atoms with van der Waals surface area (Å²) in [7, 11) is 1.55. The van der Waals surface area contributed by atoms with Gasteiger partial charge in [-0.2, -0.15) is 0 Å². The minimum absolute atomic E-state index is 0.112. The van der Waals surface area contributed by atoms with Crippen molar-refractivity contribution in [2.24, 2.45) is 5.73 Å². The van der Waals surface area contributed by atoms with Crippen LogP contribution in [-0.2, 0) is 5.54 Å². The summed E-state index contributed by atoms with van der Waals surface area (Å²) < 4.78 is 5.03. The van der Waals surface area contributed by atoms with E-state index in [-0.39, 0.29) is 6.61 Å². The van der Waals surface area contributed by atoms with E-state index < -0.39 is 5.54 Å². The van der Waals surface area contributed by atoms with Gasteiger partial charge in [0.05, 0.1) is 19.3 Å². The van der Waals surface area contributed by atoms with Crippen LogP contribution in [0.3, 0.4) is 0 Å². The van der Waals surface area contributed by atoms with Crippen molar-refractivity contribution in [3.63, 3.8) is 0 Å². The Morgan fingerprint density at radius 1 is 1.57 bits per heavy atom. The zero-order valence-corrected chi connectivity index (χ0v) is 8.74. The summed E-state index contributed by atoms with van der Waals surface area (Å²) in [5.41, 5.74) is 6.79. The Labute approximate surface area is 83.7 Å². The number of aromatic nitrogens is 1. The molecular formula is C10H16N2O2. The number of nitrogens with zero attached hydrogens (tertiary/aromatic N) is 1. The van der Waals surface area contributed by atoms with Gasteiger partial charge in [-0.05, 0) is 25.5 Å². The molecule has 0 saturated heterocycles. The van der Waals surface area contributed by atoms with Crippen LogP contribution in [-0.4, -0.2) is 23.8 Å². The number of hydrogen-bond acceptors (Lipinski definition) is 4. The van der Waals surface area contributed by atoms with Crippen molar-refractivity contribution in [2.75, 3.05) is 13.7 Å². The van der Waals surface area contributed by atoms with Gasteiger partial charge in [0.2, 0.25) is 5.88 Å². The van der Waals surface area contributed by atoms with Gasteiger partial charge in [-0.25, -0.2) is 4.98 Å². The van der Waals surface area contributed by atoms with Crippen LogP contribution in [0.1, 0.15) is 18.2 Å². The number of aliphatic hydroxyl groups is 1. The third kappa shape index (κ3) is 2.21. The Hall–Kier alpha value is -1.13. The highest BCUT2D eigenvalue weighted by atomic mass is 16.5. The lowest BCUT2D eigenvalue weighted by Crippen LogP contribution is -2.37. The van der Waals surface area contributed by atoms with Crippen LogP contribution in [0.5, 0.6) is 5.88 Å². The van der Waals surface area contributed by atoms with Gasteiger partial charge in [0.25, 0.3) is 0 Å². The number of hydrogen-bond donors (Lipinski definition) is 2. The Bertz CT molecular complexity index is 324. The van der Waals surface area contributed by atoms with Crippen LogP contribution < -0.4 is 10.5 Å². The van der Waals surface area contributed by atoms with Crippen LogP contribution in [0.15, 0.2) is 12.1 Å². The molecule has 14 heavy (non-hydrogen) atoms. The van der Waals surface area contributed by atoms with Gasteiger partial charge in [0, 0.05) is 11.8 Å². The molecule has 1 rings (SSSR count). The van der Waals surface area contributed by atoms with Crippen LogP contribution in [0.2, 0.25) is 0 Å². The quantitative estimate of drug-likeness (QED) is 0.741. The van der Waals surface area contributed by atoms with Crippen molar-refractivity contribution in [3.05, 3.63) is 23.4 Å². The average Bonchev–Trinajstić information content (AvgIpc) is 2.16. The smallest absolute Gasteiger partial charge is 0.213 e. The highest BCUT2D eigenvalue weighted by Gasteiger charge is 2.21. The van der Waals surface area contributed by atoms with E-state index in [0.29, 0.717) is 5.88 Å². The van der Waals surface area contributed by atoms with E-state index in [2.05, 4.69) is 4.98 Å². The van der Waals surface area contributed by atoms with Crippen molar-refractivity contribution >= 4 is 0 Å². The van der Waals surface area contributed by atoms with Gasteiger partial charge in [-0.3, -0.25) is 0 Å². The topological polar surface area (TPSA) is 68.4 Å². The molecule has 0 spiro atoms. The second-order valence-corrected chi connectivity index (χ2v) is 3.62. The fourth-order valence-corrected chi connectivity index (χ4v) is 1.16. The lowest BCUT2D eigenvalue weighted by atomic mass is 9.94. The van der Waals surface area contributed by atoms with Crippen LogP contribution in [0.25, 0.3) is 0 Å². The number of aliphatic hydroxyl groups excluding tert-OH is 1. The van der Waals surface area contributed by atoms with E-state index in [1.807, 2.05) is 13.0 Å². The molecule has 0 radical (unpaired) electrons. The first-order valence-corrected chi connectivity index (χ1v) is 4.42. The number of methoxy groups -OCH3 is 1. The van der Waals surface area contributed by atoms with Crippen molar-refractivity contribution < 1.29 is 9.84 Å². The molecule has 4 nitrogen and oxygen atoms in total. The summed E-state index contributed by atoms with van der Waals surface area (Å²) in [6, 6.07) is 3.59. The first-order valence-electron chi connectivity index (χ1n) is 4.42. The molecule has 0 aliphatic carbocycles. The van der Waals surface area contributed by atoms with Gasteiger partial charge < -0.3 is 15.6 Å². The molecule has 1 heterocycles. The van der Waals surface area contributed by atoms with Crippen molar-refractivity contribution in [2.45, 2.75) is 19.4 Å². The second kappa shape index (κ2) is 3.94. The third-order valence-corrected chi connectivity index (χ3v) is 2.13. The molecule has 78 valence electrons. The van der Waals surface area contributed by atoms with Gasteiger partial charge in [-0.15, -0.1) is 0 Å². The minimum Gasteiger partial charge on any atom is -0.481 e. The lowest BCUT2D eigenvalue weighted by molar-refractivity contribution is 0.209. The molecule has 0 aliphatic rings. The number of aryl methyl sites for hydroxylation is 1. The maximum Gasteiger partial charge on any atom is 0.213 e. The predicted molar refractivity (Wildman–Crippen MR) is 54.2 cm³/mol. The molecule has 4 heteroatoms. The van der Waals surface area contributed by atoms with E-state index in [9.17, 15) is 0 Å². The van der Waals surface area contributed by atoms with Crippen LogP contribution >= 0.6 is 0 Å². The predicted octanol–water partition coefficient (Wildman–Crippen LogP) is 0.565. The Kier molecular flexibility index (Phi) is 3.08. The molecule has 0 aromatic carbocycles. The summed E-state index contributed by atoms with van der Waals surface area (Å²) in [5.74, 6) is 0.519. The molecule has 1 unspecified atom stereocenters. The summed E-state index contributed by atoms with van der Waals surface area (Å²) in [6.07, 6.45) is 0. The zero-order chi connectivity index (χ0) is 10.8. The summed E-state index contributed by atoms with van der Waals surface area (Å²) >= 11 is 0. The van der Waals surface area contributed by atoms with Gasteiger partial charge in [-0.1, -0.05) is 0 Å². The number of pyridine rings is 1. The molecule has 0 bridgehead atoms. The first kappa shape index (κ1) is 10.9. The molecule has 0 fully saturated rings. The molecule has 3 N–H and O–H groups in total. The summed E-state index contributed by atoms with van der Waals surface area (Å²) in [4.78, 5) is 4.14. The largest absolute Gasteiger partial charge is 0.481 e. The summed E-state index contributed by atoms with van der Waals surface area (Å²) in [6.45, 7) is 3.51. The highest BCUT2D eigenvalue weighted by Crippen LogP contribution is 2.21. The Morgan fingerprint density at radius 3 is 2.71 bits per heavy atom. The lowest BCUT2D eigenvalue weighted by Gasteiger charge is -2.22. The third-order valence-electron chi connectivity index (χ3n) is 2.13. The standard InChI is InChI=1S/C10H16N2O2/c1-7-4-8(10(2,11)6-13)5-9(12-7)14-3/h4-5,13H,6,11H2,1-3H3. The summed E-state index contributed by atoms with van der Waals surface area (Å²) in [5, 5.41) is 9.12. The fourth-order valence-electron chi connectivity index (χ4n) is 1.16. The van der Waals surface area contributed by atoms with Crippen molar-refractivity contribution in [1.82, 2.24) is 4.98 Å². The van der Waals surface area contributed by atoms with E-state index in [0.717, 1.165) is 11.3 Å². The second-order valence-electron chi connectivity index (χ2n) is 3.62. The molecule has 1 aromatic heterocycles. The fraction of sp³-hybridized carbons (Fsp3) is 0.500. The number of ether oxygens (including phenoxy) is 1. The Balaban J connectivity index is 3.15. The van der Waals surface area contributed by atoms with Gasteiger partial charge in [0.15, 0.2) is 0 Å². The molecule has 0 aliphatic heterocycles. The zero-order valence-electron chi connectivity index (χ0n) is 8.74. The maximum atomic E-state index is 9.12. The van der Waals surface area contributed by atoms with E-state index in [1.165, 1.54) is 0 Å². The monoisotopic (exact) mass is 196 g/mol. The minimum atomic E-state index is -0.749. The molecule has 0 saturated carbocycles. The SMILES string of the molecule is COc1cc(C(C)(N)CO)cc(C)n1. The van der Waals surface area contributed by atoms with Crippen LogP contribution in [0, 0.1) is 6.92 Å². The van der Waals surface area contributed by atoms with Crippen LogP contribution in [0.4, 0.5) is 0 Å². The van der Waals surface area contributed by atoms with E-state index in [1.54, 1.807) is 20.1 Å². The first-order chi connectivity index (χ1) is 6.49. The van der Waals surface area contributed by atoms with Crippen molar-refractivity contribution in [3.8, 4) is 5.88 Å². The maximum absolute atomic E-state index is 9.12. The van der Waals surface area contributed by atoms with Gasteiger partial charge >= 0.3 is 0 Å². The molecular weight excluding hydrogens is 180 g/mol. The molecule has 0 amide bonds. The number of rotatable bonds is 3. The highest BCUT2D eigenvalue weighted by molar-refractivity contribution is 5.30. The Morgan fingerprint density at radius 2 is 2.21 bits per heavy atom. The van der Waals surface area contributed by atoms with Gasteiger partial charge in [0.1, 0.15) is 0 Å². The average molecular weight is 196 g/mol. The number of nitrogens with two attached hydrogens (primary N) is 1.